The minimum Gasteiger partial charge on any atom is -0.356 e. The van der Waals surface area contributed by atoms with Gasteiger partial charge in [0.1, 0.15) is 0 Å². The Kier molecular flexibility index (Phi) is 8.31. The standard InChI is InChI=1S/C16H21F3N6.HI/c1-11-8-12(2)25(24-11)14-5-4-13(9-22-14)10-23-15(20-3)21-7-6-16(17,18)19;/h4-5,8-9H,6-7,10H2,1-3H3,(H2,20,21,23);1H. The van der Waals surface area contributed by atoms with E-state index in [9.17, 15) is 13.2 Å². The number of aryl methyl sites for hydroxylation is 2. The number of hydrogen-bond acceptors (Lipinski definition) is 3. The van der Waals surface area contributed by atoms with Gasteiger partial charge in [-0.1, -0.05) is 6.07 Å². The maximum Gasteiger partial charge on any atom is 0.390 e. The van der Waals surface area contributed by atoms with E-state index in [1.54, 1.807) is 10.9 Å². The topological polar surface area (TPSA) is 67.1 Å². The molecule has 0 aromatic carbocycles. The van der Waals surface area contributed by atoms with Crippen LogP contribution in [-0.2, 0) is 6.54 Å². The van der Waals surface area contributed by atoms with Gasteiger partial charge in [-0.05, 0) is 31.5 Å². The van der Waals surface area contributed by atoms with Crippen LogP contribution in [0.1, 0.15) is 23.4 Å². The highest BCUT2D eigenvalue weighted by Crippen LogP contribution is 2.18. The van der Waals surface area contributed by atoms with Crippen LogP contribution in [0.4, 0.5) is 13.2 Å². The Bertz CT molecular complexity index is 725. The predicted octanol–water partition coefficient (Wildman–Crippen LogP) is 3.12. The number of hydrogen-bond donors (Lipinski definition) is 2. The van der Waals surface area contributed by atoms with E-state index in [-0.39, 0.29) is 30.5 Å². The number of nitrogens with one attached hydrogen (secondary N) is 2. The Labute approximate surface area is 167 Å². The number of pyridine rings is 1. The first-order valence-corrected chi connectivity index (χ1v) is 7.78. The molecule has 6 nitrogen and oxygen atoms in total. The molecular weight excluding hydrogens is 460 g/mol. The van der Waals surface area contributed by atoms with Crippen molar-refractivity contribution < 1.29 is 13.2 Å². The summed E-state index contributed by atoms with van der Waals surface area (Å²) in [6.07, 6.45) is -3.40. The molecule has 0 atom stereocenters. The van der Waals surface area contributed by atoms with Gasteiger partial charge in [-0.3, -0.25) is 4.99 Å². The zero-order valence-corrected chi connectivity index (χ0v) is 17.1. The molecule has 0 bridgehead atoms. The lowest BCUT2D eigenvalue weighted by Crippen LogP contribution is -2.38. The smallest absolute Gasteiger partial charge is 0.356 e. The van der Waals surface area contributed by atoms with Crippen molar-refractivity contribution in [1.29, 1.82) is 0 Å². The van der Waals surface area contributed by atoms with Crippen molar-refractivity contribution in [2.45, 2.75) is 33.0 Å². The van der Waals surface area contributed by atoms with Gasteiger partial charge in [-0.15, -0.1) is 24.0 Å². The van der Waals surface area contributed by atoms with Crippen molar-refractivity contribution in [2.24, 2.45) is 4.99 Å². The van der Waals surface area contributed by atoms with Gasteiger partial charge < -0.3 is 10.6 Å². The van der Waals surface area contributed by atoms with Crippen LogP contribution in [-0.4, -0.2) is 40.5 Å². The fourth-order valence-corrected chi connectivity index (χ4v) is 2.24. The molecule has 2 rings (SSSR count). The summed E-state index contributed by atoms with van der Waals surface area (Å²) in [4.78, 5) is 8.27. The second-order valence-corrected chi connectivity index (χ2v) is 5.58. The third-order valence-corrected chi connectivity index (χ3v) is 3.42. The van der Waals surface area contributed by atoms with E-state index < -0.39 is 12.6 Å². The van der Waals surface area contributed by atoms with E-state index >= 15 is 0 Å². The number of aromatic nitrogens is 3. The highest BCUT2D eigenvalue weighted by atomic mass is 127. The van der Waals surface area contributed by atoms with Gasteiger partial charge in [0.05, 0.1) is 12.1 Å². The Morgan fingerprint density at radius 3 is 2.46 bits per heavy atom. The molecule has 144 valence electrons. The molecule has 0 unspecified atom stereocenters. The highest BCUT2D eigenvalue weighted by molar-refractivity contribution is 14.0. The third kappa shape index (κ3) is 6.81. The van der Waals surface area contributed by atoms with E-state index in [0.29, 0.717) is 18.3 Å². The lowest BCUT2D eigenvalue weighted by atomic mass is 10.3. The Hall–Kier alpha value is -1.85. The summed E-state index contributed by atoms with van der Waals surface area (Å²) in [6.45, 7) is 4.04. The monoisotopic (exact) mass is 482 g/mol. The predicted molar refractivity (Wildman–Crippen MR) is 105 cm³/mol. The number of nitrogens with zero attached hydrogens (tertiary/aromatic N) is 4. The molecule has 2 N–H and O–H groups in total. The molecule has 0 aliphatic rings. The summed E-state index contributed by atoms with van der Waals surface area (Å²) in [6, 6.07) is 5.69. The molecular formula is C16H22F3IN6. The van der Waals surface area contributed by atoms with E-state index in [0.717, 1.165) is 17.0 Å². The molecule has 26 heavy (non-hydrogen) atoms. The van der Waals surface area contributed by atoms with Crippen LogP contribution in [0.15, 0.2) is 29.4 Å². The highest BCUT2D eigenvalue weighted by Gasteiger charge is 2.26. The first kappa shape index (κ1) is 22.2. The van der Waals surface area contributed by atoms with E-state index in [1.807, 2.05) is 32.0 Å². The van der Waals surface area contributed by atoms with Crippen LogP contribution in [0.3, 0.4) is 0 Å². The van der Waals surface area contributed by atoms with Crippen LogP contribution in [0.2, 0.25) is 0 Å². The average molecular weight is 482 g/mol. The Balaban J connectivity index is 0.00000338. The zero-order valence-electron chi connectivity index (χ0n) is 14.8. The van der Waals surface area contributed by atoms with Gasteiger partial charge in [0.2, 0.25) is 0 Å². The van der Waals surface area contributed by atoms with Crippen molar-refractivity contribution in [3.05, 3.63) is 41.3 Å². The lowest BCUT2D eigenvalue weighted by Gasteiger charge is -2.13. The number of alkyl halides is 3. The lowest BCUT2D eigenvalue weighted by molar-refractivity contribution is -0.132. The van der Waals surface area contributed by atoms with Crippen molar-refractivity contribution in [3.63, 3.8) is 0 Å². The summed E-state index contributed by atoms with van der Waals surface area (Å²) in [5, 5.41) is 9.95. The van der Waals surface area contributed by atoms with Gasteiger partial charge in [0.15, 0.2) is 11.8 Å². The first-order chi connectivity index (χ1) is 11.8. The molecule has 0 saturated carbocycles. The molecule has 10 heteroatoms. The van der Waals surface area contributed by atoms with Crippen LogP contribution >= 0.6 is 24.0 Å². The minimum absolute atomic E-state index is 0. The summed E-state index contributed by atoms with van der Waals surface area (Å²) < 4.78 is 38.2. The molecule has 0 aliphatic carbocycles. The Morgan fingerprint density at radius 2 is 1.96 bits per heavy atom. The molecule has 2 aromatic heterocycles. The molecule has 0 aliphatic heterocycles. The second-order valence-electron chi connectivity index (χ2n) is 5.58. The zero-order chi connectivity index (χ0) is 18.4. The largest absolute Gasteiger partial charge is 0.390 e. The summed E-state index contributed by atoms with van der Waals surface area (Å²) in [5.74, 6) is 1.02. The maximum atomic E-state index is 12.2. The first-order valence-electron chi connectivity index (χ1n) is 7.78. The normalized spacial score (nSPS) is 11.8. The van der Waals surface area contributed by atoms with Gasteiger partial charge in [-0.2, -0.15) is 18.3 Å². The number of halogens is 4. The number of rotatable bonds is 5. The summed E-state index contributed by atoms with van der Waals surface area (Å²) >= 11 is 0. The number of aliphatic imine (C=N–C) groups is 1. The molecule has 0 spiro atoms. The average Bonchev–Trinajstić information content (AvgIpc) is 2.88. The van der Waals surface area contributed by atoms with E-state index in [2.05, 4.69) is 25.7 Å². The van der Waals surface area contributed by atoms with Crippen molar-refractivity contribution in [2.75, 3.05) is 13.6 Å². The van der Waals surface area contributed by atoms with Crippen LogP contribution < -0.4 is 10.6 Å². The fraction of sp³-hybridized carbons (Fsp3) is 0.438. The van der Waals surface area contributed by atoms with Gasteiger partial charge in [0, 0.05) is 32.0 Å². The van der Waals surface area contributed by atoms with Crippen molar-refractivity contribution in [3.8, 4) is 5.82 Å². The molecule has 0 fully saturated rings. The fourth-order valence-electron chi connectivity index (χ4n) is 2.24. The molecule has 0 amide bonds. The Morgan fingerprint density at radius 1 is 1.23 bits per heavy atom. The third-order valence-electron chi connectivity index (χ3n) is 3.42. The van der Waals surface area contributed by atoms with Crippen LogP contribution in [0, 0.1) is 13.8 Å². The number of guanidine groups is 1. The quantitative estimate of drug-likeness (QED) is 0.391. The molecule has 2 heterocycles. The SMILES string of the molecule is CN=C(NCCC(F)(F)F)NCc1ccc(-n2nc(C)cc2C)nc1.I. The maximum absolute atomic E-state index is 12.2. The second kappa shape index (κ2) is 9.74. The summed E-state index contributed by atoms with van der Waals surface area (Å²) in [5.41, 5.74) is 2.79. The van der Waals surface area contributed by atoms with Crippen LogP contribution in [0.5, 0.6) is 0 Å². The van der Waals surface area contributed by atoms with Gasteiger partial charge in [0.25, 0.3) is 0 Å². The van der Waals surface area contributed by atoms with Gasteiger partial charge in [-0.25, -0.2) is 9.67 Å². The van der Waals surface area contributed by atoms with Crippen LogP contribution in [0.25, 0.3) is 5.82 Å². The van der Waals surface area contributed by atoms with Gasteiger partial charge >= 0.3 is 6.18 Å². The van der Waals surface area contributed by atoms with E-state index in [1.165, 1.54) is 7.05 Å². The summed E-state index contributed by atoms with van der Waals surface area (Å²) in [7, 11) is 1.51. The van der Waals surface area contributed by atoms with Crippen molar-refractivity contribution >= 4 is 29.9 Å². The molecule has 2 aromatic rings. The van der Waals surface area contributed by atoms with E-state index in [4.69, 9.17) is 0 Å². The minimum atomic E-state index is -4.19. The molecule has 0 radical (unpaired) electrons. The molecule has 0 saturated heterocycles. The van der Waals surface area contributed by atoms with Crippen molar-refractivity contribution in [1.82, 2.24) is 25.4 Å².